The Morgan fingerprint density at radius 1 is 1.40 bits per heavy atom. The maximum absolute atomic E-state index is 12.3. The van der Waals surface area contributed by atoms with E-state index >= 15 is 0 Å². The second kappa shape index (κ2) is 4.89. The van der Waals surface area contributed by atoms with Gasteiger partial charge >= 0.3 is 5.97 Å². The molecule has 5 nitrogen and oxygen atoms in total. The van der Waals surface area contributed by atoms with Crippen LogP contribution < -0.4 is 0 Å². The van der Waals surface area contributed by atoms with Crippen molar-refractivity contribution in [2.45, 2.75) is 44.7 Å². The van der Waals surface area contributed by atoms with Gasteiger partial charge in [0.15, 0.2) is 0 Å². The van der Waals surface area contributed by atoms with Crippen LogP contribution in [0, 0.1) is 12.8 Å². The number of pyridine rings is 1. The molecule has 106 valence electrons. The van der Waals surface area contributed by atoms with Crippen molar-refractivity contribution in [3.8, 4) is 0 Å². The zero-order valence-electron chi connectivity index (χ0n) is 11.5. The van der Waals surface area contributed by atoms with Crippen molar-refractivity contribution in [1.82, 2.24) is 9.88 Å². The Morgan fingerprint density at radius 3 is 2.75 bits per heavy atom. The van der Waals surface area contributed by atoms with Crippen molar-refractivity contribution < 1.29 is 14.7 Å². The fraction of sp³-hybridized carbons (Fsp3) is 0.533. The third kappa shape index (κ3) is 2.17. The summed E-state index contributed by atoms with van der Waals surface area (Å²) in [4.78, 5) is 29.8. The van der Waals surface area contributed by atoms with Gasteiger partial charge in [-0.1, -0.05) is 0 Å². The van der Waals surface area contributed by atoms with Gasteiger partial charge < -0.3 is 10.0 Å². The fourth-order valence-electron chi connectivity index (χ4n) is 3.11. The zero-order chi connectivity index (χ0) is 14.3. The molecular formula is C15H18N2O3. The molecule has 2 unspecified atom stereocenters. The maximum Gasteiger partial charge on any atom is 0.308 e. The second-order valence-electron chi connectivity index (χ2n) is 5.69. The van der Waals surface area contributed by atoms with E-state index in [2.05, 4.69) is 4.98 Å². The molecule has 2 heterocycles. The highest BCUT2D eigenvalue weighted by Gasteiger charge is 2.46. The van der Waals surface area contributed by atoms with Crippen LogP contribution in [0.1, 0.15) is 42.9 Å². The molecule has 1 aliphatic carbocycles. The van der Waals surface area contributed by atoms with E-state index in [4.69, 9.17) is 0 Å². The number of carbonyl (C=O) groups is 2. The number of piperidine rings is 1. The average molecular weight is 274 g/mol. The normalized spacial score (nSPS) is 26.6. The van der Waals surface area contributed by atoms with Crippen LogP contribution in [-0.4, -0.2) is 32.9 Å². The van der Waals surface area contributed by atoms with Gasteiger partial charge in [-0.15, -0.1) is 0 Å². The molecule has 0 spiro atoms. The average Bonchev–Trinajstić information content (AvgIpc) is 3.23. The third-order valence-electron chi connectivity index (χ3n) is 4.29. The lowest BCUT2D eigenvalue weighted by atomic mass is 9.83. The minimum absolute atomic E-state index is 0.0817. The van der Waals surface area contributed by atoms with Crippen LogP contribution in [-0.2, 0) is 9.59 Å². The molecule has 0 bridgehead atoms. The van der Waals surface area contributed by atoms with Gasteiger partial charge in [-0.05, 0) is 43.4 Å². The summed E-state index contributed by atoms with van der Waals surface area (Å²) in [6, 6.07) is 1.72. The van der Waals surface area contributed by atoms with Gasteiger partial charge in [0.25, 0.3) is 0 Å². The smallest absolute Gasteiger partial charge is 0.308 e. The van der Waals surface area contributed by atoms with Gasteiger partial charge in [0.1, 0.15) is 0 Å². The largest absolute Gasteiger partial charge is 0.481 e. The predicted octanol–water partition coefficient (Wildman–Crippen LogP) is 1.92. The number of aryl methyl sites for hydroxylation is 1. The first-order valence-electron chi connectivity index (χ1n) is 7.04. The topological polar surface area (TPSA) is 70.5 Å². The first-order chi connectivity index (χ1) is 9.59. The summed E-state index contributed by atoms with van der Waals surface area (Å²) < 4.78 is 0. The van der Waals surface area contributed by atoms with Crippen molar-refractivity contribution in [2.24, 2.45) is 5.92 Å². The number of aromatic nitrogens is 1. The Kier molecular flexibility index (Phi) is 3.20. The summed E-state index contributed by atoms with van der Waals surface area (Å²) in [6.45, 7) is 1.94. The molecule has 1 amide bonds. The number of carbonyl (C=O) groups excluding carboxylic acids is 1. The quantitative estimate of drug-likeness (QED) is 0.914. The van der Waals surface area contributed by atoms with E-state index in [0.717, 1.165) is 24.0 Å². The van der Waals surface area contributed by atoms with Gasteiger partial charge in [0.2, 0.25) is 5.91 Å². The van der Waals surface area contributed by atoms with E-state index in [1.807, 2.05) is 17.9 Å². The number of amides is 1. The molecule has 3 rings (SSSR count). The lowest BCUT2D eigenvalue weighted by Crippen LogP contribution is -2.46. The highest BCUT2D eigenvalue weighted by molar-refractivity contribution is 5.82. The van der Waals surface area contributed by atoms with Crippen molar-refractivity contribution in [2.75, 3.05) is 0 Å². The highest BCUT2D eigenvalue weighted by Crippen LogP contribution is 2.44. The molecule has 1 saturated carbocycles. The van der Waals surface area contributed by atoms with Crippen molar-refractivity contribution in [1.29, 1.82) is 0 Å². The van der Waals surface area contributed by atoms with E-state index in [-0.39, 0.29) is 18.0 Å². The van der Waals surface area contributed by atoms with Gasteiger partial charge in [-0.25, -0.2) is 0 Å². The van der Waals surface area contributed by atoms with Crippen LogP contribution in [0.2, 0.25) is 0 Å². The predicted molar refractivity (Wildman–Crippen MR) is 71.9 cm³/mol. The molecule has 1 aromatic rings. The number of rotatable bonds is 3. The van der Waals surface area contributed by atoms with Crippen LogP contribution in [0.5, 0.6) is 0 Å². The molecule has 2 atom stereocenters. The molecular weight excluding hydrogens is 256 g/mol. The van der Waals surface area contributed by atoms with E-state index in [1.165, 1.54) is 0 Å². The lowest BCUT2D eigenvalue weighted by Gasteiger charge is -2.40. The molecule has 1 aliphatic heterocycles. The summed E-state index contributed by atoms with van der Waals surface area (Å²) in [5.74, 6) is -1.27. The van der Waals surface area contributed by atoms with Crippen LogP contribution in [0.3, 0.4) is 0 Å². The summed E-state index contributed by atoms with van der Waals surface area (Å²) in [5, 5.41) is 9.51. The summed E-state index contributed by atoms with van der Waals surface area (Å²) in [6.07, 6.45) is 6.12. The number of hydrogen-bond donors (Lipinski definition) is 1. The number of likely N-dealkylation sites (tertiary alicyclic amines) is 1. The maximum atomic E-state index is 12.3. The standard InChI is InChI=1S/C15H18N2O3/c1-9-6-7-16-8-12(9)14-11(15(19)20)4-5-13(18)17(14)10-2-3-10/h6-8,10-11,14H,2-5H2,1H3,(H,19,20). The SMILES string of the molecule is Cc1ccncc1C1C(C(=O)O)CCC(=O)N1C1CC1. The molecule has 5 heteroatoms. The number of nitrogens with zero attached hydrogens (tertiary/aromatic N) is 2. The minimum Gasteiger partial charge on any atom is -0.481 e. The number of aliphatic carboxylic acids is 1. The van der Waals surface area contributed by atoms with E-state index in [1.54, 1.807) is 12.4 Å². The minimum atomic E-state index is -0.823. The van der Waals surface area contributed by atoms with Crippen LogP contribution in [0.25, 0.3) is 0 Å². The first kappa shape index (κ1) is 13.1. The molecule has 1 saturated heterocycles. The van der Waals surface area contributed by atoms with Gasteiger partial charge in [-0.2, -0.15) is 0 Å². The molecule has 2 aliphatic rings. The molecule has 2 fully saturated rings. The van der Waals surface area contributed by atoms with Crippen LogP contribution >= 0.6 is 0 Å². The summed E-state index contributed by atoms with van der Waals surface area (Å²) in [7, 11) is 0. The van der Waals surface area contributed by atoms with E-state index in [0.29, 0.717) is 12.8 Å². The van der Waals surface area contributed by atoms with Crippen LogP contribution in [0.15, 0.2) is 18.5 Å². The fourth-order valence-corrected chi connectivity index (χ4v) is 3.11. The van der Waals surface area contributed by atoms with E-state index in [9.17, 15) is 14.7 Å². The highest BCUT2D eigenvalue weighted by atomic mass is 16.4. The zero-order valence-corrected chi connectivity index (χ0v) is 11.5. The Bertz CT molecular complexity index is 554. The van der Waals surface area contributed by atoms with Gasteiger partial charge in [-0.3, -0.25) is 14.6 Å². The molecule has 0 radical (unpaired) electrons. The van der Waals surface area contributed by atoms with Crippen molar-refractivity contribution in [3.63, 3.8) is 0 Å². The summed E-state index contributed by atoms with van der Waals surface area (Å²) in [5.41, 5.74) is 1.87. The Labute approximate surface area is 117 Å². The number of hydrogen-bond acceptors (Lipinski definition) is 3. The molecule has 1 aromatic heterocycles. The Morgan fingerprint density at radius 2 is 2.15 bits per heavy atom. The first-order valence-corrected chi connectivity index (χ1v) is 7.04. The third-order valence-corrected chi connectivity index (χ3v) is 4.29. The Hall–Kier alpha value is -1.91. The van der Waals surface area contributed by atoms with Gasteiger partial charge in [0.05, 0.1) is 12.0 Å². The molecule has 0 aromatic carbocycles. The van der Waals surface area contributed by atoms with E-state index < -0.39 is 11.9 Å². The summed E-state index contributed by atoms with van der Waals surface area (Å²) >= 11 is 0. The van der Waals surface area contributed by atoms with Crippen molar-refractivity contribution >= 4 is 11.9 Å². The lowest BCUT2D eigenvalue weighted by molar-refractivity contribution is -0.152. The van der Waals surface area contributed by atoms with Gasteiger partial charge in [0, 0.05) is 24.9 Å². The number of carboxylic acids is 1. The molecule has 1 N–H and O–H groups in total. The monoisotopic (exact) mass is 274 g/mol. The molecule has 20 heavy (non-hydrogen) atoms. The van der Waals surface area contributed by atoms with Crippen molar-refractivity contribution in [3.05, 3.63) is 29.6 Å². The van der Waals surface area contributed by atoms with Crippen LogP contribution in [0.4, 0.5) is 0 Å². The number of carboxylic acid groups (broad SMARTS) is 1. The Balaban J connectivity index is 2.05. The second-order valence-corrected chi connectivity index (χ2v) is 5.69.